The first-order chi connectivity index (χ1) is 16.1. The van der Waals surface area contributed by atoms with Gasteiger partial charge in [-0.2, -0.15) is 0 Å². The second-order valence-corrected chi connectivity index (χ2v) is 8.92. The van der Waals surface area contributed by atoms with E-state index in [-0.39, 0.29) is 17.9 Å². The summed E-state index contributed by atoms with van der Waals surface area (Å²) in [5.74, 6) is 0.120. The first-order valence-corrected chi connectivity index (χ1v) is 11.6. The average Bonchev–Trinajstić information content (AvgIpc) is 3.20. The Bertz CT molecular complexity index is 1140. The van der Waals surface area contributed by atoms with Crippen molar-refractivity contribution in [1.29, 1.82) is 0 Å². The quantitative estimate of drug-likeness (QED) is 0.591. The van der Waals surface area contributed by atoms with E-state index in [1.165, 1.54) is 5.69 Å². The topological polar surface area (TPSA) is 43.9 Å². The largest absolute Gasteiger partial charge is 0.368 e. The number of carbonyl (C=O) groups excluding carboxylic acids is 2. The molecule has 1 saturated heterocycles. The van der Waals surface area contributed by atoms with Gasteiger partial charge in [0.2, 0.25) is 5.91 Å². The predicted molar refractivity (Wildman–Crippen MR) is 130 cm³/mol. The Morgan fingerprint density at radius 3 is 2.21 bits per heavy atom. The van der Waals surface area contributed by atoms with Gasteiger partial charge in [-0.3, -0.25) is 9.59 Å². The van der Waals surface area contributed by atoms with E-state index < -0.39 is 0 Å². The van der Waals surface area contributed by atoms with Crippen LogP contribution in [0.4, 0.5) is 5.69 Å². The summed E-state index contributed by atoms with van der Waals surface area (Å²) in [7, 11) is 0. The normalized spacial score (nSPS) is 16.6. The molecule has 168 valence electrons. The Hall–Kier alpha value is -3.60. The number of para-hydroxylation sites is 1. The molecule has 5 heteroatoms. The molecule has 33 heavy (non-hydrogen) atoms. The highest BCUT2D eigenvalue weighted by molar-refractivity contribution is 5.98. The number of carbonyl (C=O) groups is 2. The van der Waals surface area contributed by atoms with Gasteiger partial charge in [0.25, 0.3) is 5.91 Å². The van der Waals surface area contributed by atoms with Crippen molar-refractivity contribution in [2.45, 2.75) is 25.9 Å². The van der Waals surface area contributed by atoms with Crippen molar-refractivity contribution in [1.82, 2.24) is 9.80 Å². The first-order valence-electron chi connectivity index (χ1n) is 11.6. The smallest absolute Gasteiger partial charge is 0.255 e. The minimum absolute atomic E-state index is 0.0119. The highest BCUT2D eigenvalue weighted by atomic mass is 16.2. The molecule has 0 N–H and O–H groups in total. The number of anilines is 1. The fraction of sp³-hybridized carbons (Fsp3) is 0.286. The van der Waals surface area contributed by atoms with Crippen molar-refractivity contribution in [2.75, 3.05) is 31.1 Å². The molecule has 2 heterocycles. The van der Waals surface area contributed by atoms with Crippen LogP contribution in [-0.2, 0) is 11.3 Å². The minimum Gasteiger partial charge on any atom is -0.368 e. The summed E-state index contributed by atoms with van der Waals surface area (Å²) >= 11 is 0. The SMILES string of the molecule is Cc1ccc([C@@H](CC(=O)N2CCN(c3ccccc3)CC2)N2Cc3ccccc3C2=O)cc1. The molecule has 1 atom stereocenters. The van der Waals surface area contributed by atoms with Crippen molar-refractivity contribution < 1.29 is 9.59 Å². The molecule has 0 unspecified atom stereocenters. The molecule has 5 rings (SSSR count). The molecule has 2 amide bonds. The number of hydrogen-bond donors (Lipinski definition) is 0. The lowest BCUT2D eigenvalue weighted by molar-refractivity contribution is -0.132. The molecule has 0 aliphatic carbocycles. The maximum Gasteiger partial charge on any atom is 0.255 e. The lowest BCUT2D eigenvalue weighted by Gasteiger charge is -2.37. The van der Waals surface area contributed by atoms with Crippen LogP contribution in [0.25, 0.3) is 0 Å². The molecule has 3 aromatic carbocycles. The second-order valence-electron chi connectivity index (χ2n) is 8.92. The predicted octanol–water partition coefficient (Wildman–Crippen LogP) is 4.43. The third-order valence-corrected chi connectivity index (χ3v) is 6.81. The zero-order chi connectivity index (χ0) is 22.8. The van der Waals surface area contributed by atoms with Crippen molar-refractivity contribution >= 4 is 17.5 Å². The summed E-state index contributed by atoms with van der Waals surface area (Å²) in [6, 6.07) is 26.0. The molecule has 3 aromatic rings. The molecule has 1 fully saturated rings. The van der Waals surface area contributed by atoms with Crippen LogP contribution in [0, 0.1) is 6.92 Å². The van der Waals surface area contributed by atoms with Crippen LogP contribution < -0.4 is 4.90 Å². The van der Waals surface area contributed by atoms with Gasteiger partial charge < -0.3 is 14.7 Å². The van der Waals surface area contributed by atoms with E-state index in [0.29, 0.717) is 26.1 Å². The molecule has 0 radical (unpaired) electrons. The van der Waals surface area contributed by atoms with Crippen LogP contribution >= 0.6 is 0 Å². The van der Waals surface area contributed by atoms with Gasteiger partial charge in [-0.05, 0) is 36.2 Å². The van der Waals surface area contributed by atoms with Gasteiger partial charge in [0.15, 0.2) is 0 Å². The Morgan fingerprint density at radius 2 is 1.52 bits per heavy atom. The summed E-state index contributed by atoms with van der Waals surface area (Å²) in [5, 5.41) is 0. The molecule has 2 aliphatic heterocycles. The molecule has 2 aliphatic rings. The van der Waals surface area contributed by atoms with Crippen molar-refractivity contribution in [3.05, 3.63) is 101 Å². The Morgan fingerprint density at radius 1 is 0.848 bits per heavy atom. The van der Waals surface area contributed by atoms with E-state index in [1.807, 2.05) is 59.2 Å². The third kappa shape index (κ3) is 4.36. The van der Waals surface area contributed by atoms with Crippen molar-refractivity contribution in [2.24, 2.45) is 0 Å². The molecular formula is C28H29N3O2. The van der Waals surface area contributed by atoms with Gasteiger partial charge in [-0.25, -0.2) is 0 Å². The summed E-state index contributed by atoms with van der Waals surface area (Å²) in [5.41, 5.74) is 5.15. The summed E-state index contributed by atoms with van der Waals surface area (Å²) in [6.45, 7) is 5.62. The van der Waals surface area contributed by atoms with E-state index in [4.69, 9.17) is 0 Å². The second kappa shape index (κ2) is 9.10. The fourth-order valence-electron chi connectivity index (χ4n) is 4.87. The number of rotatable bonds is 5. The monoisotopic (exact) mass is 439 g/mol. The number of hydrogen-bond acceptors (Lipinski definition) is 3. The van der Waals surface area contributed by atoms with E-state index in [0.717, 1.165) is 35.3 Å². The standard InChI is InChI=1S/C28H29N3O2/c1-21-11-13-22(14-12-21)26(31-20-23-7-5-6-10-25(23)28(31)33)19-27(32)30-17-15-29(16-18-30)24-8-3-2-4-9-24/h2-14,26H,15-20H2,1H3/t26-/m1/s1. The highest BCUT2D eigenvalue weighted by Crippen LogP contribution is 2.34. The molecule has 5 nitrogen and oxygen atoms in total. The first kappa shape index (κ1) is 21.3. The number of amides is 2. The number of aryl methyl sites for hydroxylation is 1. The van der Waals surface area contributed by atoms with Gasteiger partial charge in [0.05, 0.1) is 12.5 Å². The van der Waals surface area contributed by atoms with Crippen LogP contribution in [0.1, 0.15) is 39.5 Å². The van der Waals surface area contributed by atoms with Crippen LogP contribution in [0.5, 0.6) is 0 Å². The lowest BCUT2D eigenvalue weighted by atomic mass is 9.99. The van der Waals surface area contributed by atoms with Crippen LogP contribution in [0.2, 0.25) is 0 Å². The molecule has 0 aromatic heterocycles. The third-order valence-electron chi connectivity index (χ3n) is 6.81. The highest BCUT2D eigenvalue weighted by Gasteiger charge is 2.35. The molecular weight excluding hydrogens is 410 g/mol. The van der Waals surface area contributed by atoms with Gasteiger partial charge in [0, 0.05) is 44.0 Å². The zero-order valence-electron chi connectivity index (χ0n) is 19.0. The summed E-state index contributed by atoms with van der Waals surface area (Å²) in [4.78, 5) is 32.8. The Labute approximate surface area is 195 Å². The summed E-state index contributed by atoms with van der Waals surface area (Å²) < 4.78 is 0. The molecule has 0 bridgehead atoms. The number of benzene rings is 3. The maximum absolute atomic E-state index is 13.4. The van der Waals surface area contributed by atoms with E-state index in [2.05, 4.69) is 41.3 Å². The van der Waals surface area contributed by atoms with Crippen molar-refractivity contribution in [3.8, 4) is 0 Å². The van der Waals surface area contributed by atoms with Gasteiger partial charge in [-0.15, -0.1) is 0 Å². The fourth-order valence-corrected chi connectivity index (χ4v) is 4.87. The van der Waals surface area contributed by atoms with E-state index >= 15 is 0 Å². The minimum atomic E-state index is -0.273. The van der Waals surface area contributed by atoms with Crippen LogP contribution in [0.3, 0.4) is 0 Å². The molecule has 0 spiro atoms. The number of nitrogens with zero attached hydrogens (tertiary/aromatic N) is 3. The number of fused-ring (bicyclic) bond motifs is 1. The average molecular weight is 440 g/mol. The van der Waals surface area contributed by atoms with E-state index in [1.54, 1.807) is 0 Å². The van der Waals surface area contributed by atoms with Gasteiger partial charge in [0.1, 0.15) is 0 Å². The Balaban J connectivity index is 1.32. The van der Waals surface area contributed by atoms with E-state index in [9.17, 15) is 9.59 Å². The van der Waals surface area contributed by atoms with Crippen molar-refractivity contribution in [3.63, 3.8) is 0 Å². The van der Waals surface area contributed by atoms with Gasteiger partial charge >= 0.3 is 0 Å². The molecule has 0 saturated carbocycles. The maximum atomic E-state index is 13.4. The Kier molecular flexibility index (Phi) is 5.86. The zero-order valence-corrected chi connectivity index (χ0v) is 19.0. The van der Waals surface area contributed by atoms with Gasteiger partial charge in [-0.1, -0.05) is 66.2 Å². The lowest BCUT2D eigenvalue weighted by Crippen LogP contribution is -2.49. The summed E-state index contributed by atoms with van der Waals surface area (Å²) in [6.07, 6.45) is 0.300. The van der Waals surface area contributed by atoms with Crippen LogP contribution in [0.15, 0.2) is 78.9 Å². The number of piperazine rings is 1. The van der Waals surface area contributed by atoms with Crippen LogP contribution in [-0.4, -0.2) is 47.8 Å².